The van der Waals surface area contributed by atoms with Gasteiger partial charge >= 0.3 is 31.4 Å². The summed E-state index contributed by atoms with van der Waals surface area (Å²) in [6, 6.07) is 6.05. The Balaban J connectivity index is -0.000000374. The molecule has 23 heavy (non-hydrogen) atoms. The number of carbonyl (C=O) groups is 4. The zero-order valence-electron chi connectivity index (χ0n) is 13.3. The molecule has 0 spiro atoms. The molecule has 0 heterocycles. The van der Waals surface area contributed by atoms with Crippen molar-refractivity contribution in [1.82, 2.24) is 0 Å². The van der Waals surface area contributed by atoms with Crippen LogP contribution in [0.1, 0.15) is 34.6 Å². The van der Waals surface area contributed by atoms with Gasteiger partial charge in [-0.3, -0.25) is 0 Å². The molecule has 9 heteroatoms. The Morgan fingerprint density at radius 3 is 1.04 bits per heavy atom. The number of carboxylic acid groups (broad SMARTS) is 2. The second-order valence-corrected chi connectivity index (χ2v) is 3.54. The summed E-state index contributed by atoms with van der Waals surface area (Å²) in [6.07, 6.45) is 0. The van der Waals surface area contributed by atoms with E-state index in [1.165, 1.54) is 38.5 Å². The van der Waals surface area contributed by atoms with Crippen molar-refractivity contribution in [3.8, 4) is 0 Å². The van der Waals surface area contributed by atoms with Crippen molar-refractivity contribution in [3.63, 3.8) is 0 Å². The second kappa shape index (κ2) is 14.7. The maximum absolute atomic E-state index is 11.0. The van der Waals surface area contributed by atoms with Gasteiger partial charge in [0.15, 0.2) is 0 Å². The number of benzene rings is 1. The van der Waals surface area contributed by atoms with Crippen molar-refractivity contribution in [2.24, 2.45) is 0 Å². The number of ether oxygens (including phenoxy) is 2. The Kier molecular flexibility index (Phi) is 16.3. The third kappa shape index (κ3) is 15.9. The van der Waals surface area contributed by atoms with E-state index in [0.717, 1.165) is 13.8 Å². The molecule has 0 saturated carbocycles. The predicted molar refractivity (Wildman–Crippen MR) is 70.5 cm³/mol. The molecule has 0 aliphatic carbocycles. The van der Waals surface area contributed by atoms with E-state index >= 15 is 0 Å². The first-order valence-corrected chi connectivity index (χ1v) is 5.77. The van der Waals surface area contributed by atoms with E-state index in [-0.39, 0.29) is 19.5 Å². The zero-order chi connectivity index (χ0) is 17.7. The van der Waals surface area contributed by atoms with Gasteiger partial charge in [0.25, 0.3) is 0 Å². The van der Waals surface area contributed by atoms with Gasteiger partial charge < -0.3 is 29.3 Å². The summed E-state index contributed by atoms with van der Waals surface area (Å²) < 4.78 is 9.02. The van der Waals surface area contributed by atoms with Gasteiger partial charge in [-0.15, -0.1) is 0 Å². The van der Waals surface area contributed by atoms with E-state index < -0.39 is 23.9 Å². The van der Waals surface area contributed by atoms with Crippen LogP contribution in [0.2, 0.25) is 0 Å². The van der Waals surface area contributed by atoms with Crippen LogP contribution >= 0.6 is 0 Å². The maximum atomic E-state index is 11.0. The van der Waals surface area contributed by atoms with Crippen molar-refractivity contribution in [2.45, 2.75) is 13.8 Å². The van der Waals surface area contributed by atoms with E-state index in [4.69, 9.17) is 19.8 Å². The minimum Gasteiger partial charge on any atom is -0.550 e. The van der Waals surface area contributed by atoms with Gasteiger partial charge in [-0.05, 0) is 38.1 Å². The molecular formula is C14H16O8Zn. The molecule has 1 rings (SSSR count). The minimum absolute atomic E-state index is 0. The van der Waals surface area contributed by atoms with E-state index in [1.54, 1.807) is 0 Å². The number of carbonyl (C=O) groups excluding carboxylic acids is 4. The van der Waals surface area contributed by atoms with E-state index in [1.807, 2.05) is 0 Å². The quantitative estimate of drug-likeness (QED) is 0.462. The minimum atomic E-state index is -1.08. The third-order valence-corrected chi connectivity index (χ3v) is 1.73. The molecule has 0 aliphatic rings. The SMILES string of the molecule is CC(=O)[O-].CC(=O)[O-].COC(=O)c1ccc(C(=O)OC)cc1.[Zn+2]. The molecule has 0 N–H and O–H groups in total. The molecule has 0 unspecified atom stereocenters. The average molecular weight is 378 g/mol. The summed E-state index contributed by atoms with van der Waals surface area (Å²) in [4.78, 5) is 39.8. The number of methoxy groups -OCH3 is 2. The van der Waals surface area contributed by atoms with Crippen LogP contribution in [0.5, 0.6) is 0 Å². The second-order valence-electron chi connectivity index (χ2n) is 3.54. The Hall–Kier alpha value is -2.28. The van der Waals surface area contributed by atoms with Crippen LogP contribution in [-0.2, 0) is 38.5 Å². The van der Waals surface area contributed by atoms with Gasteiger partial charge in [-0.2, -0.15) is 0 Å². The summed E-state index contributed by atoms with van der Waals surface area (Å²) in [5, 5.41) is 17.8. The molecule has 0 fully saturated rings. The topological polar surface area (TPSA) is 133 Å². The maximum Gasteiger partial charge on any atom is 2.00 e. The molecule has 0 atom stereocenters. The molecule has 0 aromatic heterocycles. The van der Waals surface area contributed by atoms with Crippen LogP contribution in [0.3, 0.4) is 0 Å². The fraction of sp³-hybridized carbons (Fsp3) is 0.286. The number of esters is 2. The van der Waals surface area contributed by atoms with Crippen LogP contribution < -0.4 is 10.2 Å². The predicted octanol–water partition coefficient (Wildman–Crippen LogP) is -1.23. The van der Waals surface area contributed by atoms with Crippen LogP contribution in [0, 0.1) is 0 Å². The first-order chi connectivity index (χ1) is 10.1. The Labute approximate surface area is 146 Å². The zero-order valence-corrected chi connectivity index (χ0v) is 16.2. The summed E-state index contributed by atoms with van der Waals surface area (Å²) in [6.45, 7) is 1.94. The normalized spacial score (nSPS) is 7.83. The summed E-state index contributed by atoms with van der Waals surface area (Å²) in [5.74, 6) is -3.03. The number of carboxylic acids is 2. The smallest absolute Gasteiger partial charge is 0.550 e. The molecule has 0 bridgehead atoms. The van der Waals surface area contributed by atoms with E-state index in [9.17, 15) is 9.59 Å². The molecule has 1 aromatic rings. The van der Waals surface area contributed by atoms with Crippen LogP contribution in [0.4, 0.5) is 0 Å². The van der Waals surface area contributed by atoms with Crippen molar-refractivity contribution in [2.75, 3.05) is 14.2 Å². The first kappa shape index (κ1) is 25.7. The number of hydrogen-bond donors (Lipinski definition) is 0. The Bertz CT molecular complexity index is 455. The number of rotatable bonds is 2. The molecule has 1 aromatic carbocycles. The Morgan fingerprint density at radius 2 is 0.913 bits per heavy atom. The monoisotopic (exact) mass is 376 g/mol. The van der Waals surface area contributed by atoms with Gasteiger partial charge in [0.1, 0.15) is 0 Å². The van der Waals surface area contributed by atoms with Crippen molar-refractivity contribution >= 4 is 23.9 Å². The first-order valence-electron chi connectivity index (χ1n) is 5.77. The Morgan fingerprint density at radius 1 is 0.739 bits per heavy atom. The number of hydrogen-bond acceptors (Lipinski definition) is 8. The van der Waals surface area contributed by atoms with Crippen molar-refractivity contribution < 1.29 is 58.3 Å². The van der Waals surface area contributed by atoms with Crippen molar-refractivity contribution in [3.05, 3.63) is 35.4 Å². The molecule has 0 aliphatic heterocycles. The summed E-state index contributed by atoms with van der Waals surface area (Å²) >= 11 is 0. The van der Waals surface area contributed by atoms with Gasteiger partial charge in [-0.1, -0.05) is 0 Å². The molecule has 0 amide bonds. The standard InChI is InChI=1S/C10H10O4.2C2H4O2.Zn/c1-13-9(11)7-3-5-8(6-4-7)10(12)14-2;2*1-2(3)4;/h3-6H,1-2H3;2*1H3,(H,3,4);/q;;;+2/p-2. The molecule has 122 valence electrons. The average Bonchev–Trinajstić information content (AvgIpc) is 2.44. The molecule has 0 saturated heterocycles. The number of aliphatic carboxylic acids is 2. The van der Waals surface area contributed by atoms with E-state index in [0.29, 0.717) is 11.1 Å². The van der Waals surface area contributed by atoms with Crippen molar-refractivity contribution in [1.29, 1.82) is 0 Å². The molecular weight excluding hydrogens is 362 g/mol. The fourth-order valence-electron chi connectivity index (χ4n) is 0.978. The molecule has 8 nitrogen and oxygen atoms in total. The largest absolute Gasteiger partial charge is 2.00 e. The van der Waals surface area contributed by atoms with Gasteiger partial charge in [0, 0.05) is 11.9 Å². The summed E-state index contributed by atoms with van der Waals surface area (Å²) in [5.41, 5.74) is 0.806. The van der Waals surface area contributed by atoms with Gasteiger partial charge in [0.05, 0.1) is 25.3 Å². The van der Waals surface area contributed by atoms with Crippen LogP contribution in [0.25, 0.3) is 0 Å². The van der Waals surface area contributed by atoms with Crippen LogP contribution in [0.15, 0.2) is 24.3 Å². The van der Waals surface area contributed by atoms with E-state index in [2.05, 4.69) is 9.47 Å². The van der Waals surface area contributed by atoms with Gasteiger partial charge in [-0.25, -0.2) is 9.59 Å². The summed E-state index contributed by atoms with van der Waals surface area (Å²) in [7, 11) is 2.60. The third-order valence-electron chi connectivity index (χ3n) is 1.73. The van der Waals surface area contributed by atoms with Gasteiger partial charge in [0.2, 0.25) is 0 Å². The fourth-order valence-corrected chi connectivity index (χ4v) is 0.978. The molecule has 0 radical (unpaired) electrons. The van der Waals surface area contributed by atoms with Crippen LogP contribution in [-0.4, -0.2) is 38.1 Å².